The van der Waals surface area contributed by atoms with Crippen LogP contribution >= 0.6 is 11.6 Å². The molecular weight excluding hydrogens is 224 g/mol. The number of likely N-dealkylation sites (N-methyl/N-ethyl adjacent to an activating group) is 1. The summed E-state index contributed by atoms with van der Waals surface area (Å²) >= 11 is 5.23. The molecule has 0 aliphatic rings. The largest absolute Gasteiger partial charge is 0.302 e. The number of halogens is 1. The van der Waals surface area contributed by atoms with Gasteiger partial charge in [-0.2, -0.15) is 0 Å². The minimum absolute atomic E-state index is 0.375. The highest BCUT2D eigenvalue weighted by Gasteiger charge is 2.09. The van der Waals surface area contributed by atoms with Gasteiger partial charge in [0.1, 0.15) is 5.21 Å². The van der Waals surface area contributed by atoms with Crippen molar-refractivity contribution in [2.24, 2.45) is 0 Å². The number of sulfonamides is 1. The molecule has 0 saturated heterocycles. The van der Waals surface area contributed by atoms with Crippen molar-refractivity contribution in [2.45, 2.75) is 26.3 Å². The van der Waals surface area contributed by atoms with Crippen LogP contribution in [-0.2, 0) is 10.0 Å². The molecule has 0 radical (unpaired) electrons. The van der Waals surface area contributed by atoms with Gasteiger partial charge < -0.3 is 4.90 Å². The van der Waals surface area contributed by atoms with Gasteiger partial charge in [0, 0.05) is 19.1 Å². The van der Waals surface area contributed by atoms with Crippen molar-refractivity contribution in [1.29, 1.82) is 0 Å². The maximum absolute atomic E-state index is 11.0. The van der Waals surface area contributed by atoms with Crippen LogP contribution in [-0.4, -0.2) is 44.7 Å². The molecule has 0 aliphatic heterocycles. The molecule has 1 unspecified atom stereocenters. The van der Waals surface area contributed by atoms with Gasteiger partial charge >= 0.3 is 0 Å². The second-order valence-electron chi connectivity index (χ2n) is 3.36. The molecule has 0 amide bonds. The molecule has 0 aromatic rings. The number of nitrogens with zero attached hydrogens (tertiary/aromatic N) is 1. The van der Waals surface area contributed by atoms with Crippen molar-refractivity contribution in [3.63, 3.8) is 0 Å². The zero-order valence-corrected chi connectivity index (χ0v) is 10.5. The zero-order valence-electron chi connectivity index (χ0n) is 8.96. The van der Waals surface area contributed by atoms with Crippen molar-refractivity contribution in [2.75, 3.05) is 25.3 Å². The van der Waals surface area contributed by atoms with E-state index in [1.807, 2.05) is 7.05 Å². The highest BCUT2D eigenvalue weighted by Crippen LogP contribution is 1.98. The third-order valence-corrected chi connectivity index (χ3v) is 4.07. The highest BCUT2D eigenvalue weighted by molar-refractivity contribution is 7.90. The van der Waals surface area contributed by atoms with Crippen LogP contribution in [0.3, 0.4) is 0 Å². The van der Waals surface area contributed by atoms with Crippen LogP contribution in [0, 0.1) is 0 Å². The van der Waals surface area contributed by atoms with Crippen molar-refractivity contribution < 1.29 is 8.42 Å². The van der Waals surface area contributed by atoms with Gasteiger partial charge in [-0.3, -0.25) is 0 Å². The molecule has 0 aromatic carbocycles. The number of rotatable bonds is 7. The van der Waals surface area contributed by atoms with Crippen LogP contribution in [0.4, 0.5) is 0 Å². The molecule has 1 N–H and O–H groups in total. The lowest BCUT2D eigenvalue weighted by Crippen LogP contribution is -2.37. The molecule has 0 saturated carbocycles. The normalized spacial score (nSPS) is 14.6. The van der Waals surface area contributed by atoms with Gasteiger partial charge in [0.2, 0.25) is 10.0 Å². The summed E-state index contributed by atoms with van der Waals surface area (Å²) < 4.78 is 24.3. The fraction of sp³-hybridized carbons (Fsp3) is 1.00. The minimum Gasteiger partial charge on any atom is -0.302 e. The van der Waals surface area contributed by atoms with Crippen LogP contribution in [0.25, 0.3) is 0 Å². The molecule has 86 valence electrons. The van der Waals surface area contributed by atoms with Gasteiger partial charge in [-0.1, -0.05) is 6.92 Å². The molecule has 0 fully saturated rings. The summed E-state index contributed by atoms with van der Waals surface area (Å²) in [4.78, 5) is 2.11. The van der Waals surface area contributed by atoms with E-state index in [4.69, 9.17) is 11.6 Å². The van der Waals surface area contributed by atoms with Crippen LogP contribution in [0.15, 0.2) is 0 Å². The van der Waals surface area contributed by atoms with Crippen LogP contribution in [0.1, 0.15) is 20.3 Å². The van der Waals surface area contributed by atoms with Gasteiger partial charge in [0.15, 0.2) is 0 Å². The van der Waals surface area contributed by atoms with Gasteiger partial charge in [-0.15, -0.1) is 11.6 Å². The lowest BCUT2D eigenvalue weighted by molar-refractivity contribution is 0.256. The van der Waals surface area contributed by atoms with Crippen molar-refractivity contribution in [1.82, 2.24) is 9.62 Å². The fourth-order valence-electron chi connectivity index (χ4n) is 0.948. The standard InChI is InChI=1S/C8H19ClN2O2S/c1-4-8(2)11(3)6-5-10-14(12,13)7-9/h8,10H,4-7H2,1-3H3. The van der Waals surface area contributed by atoms with Crippen molar-refractivity contribution in [3.05, 3.63) is 0 Å². The molecule has 0 spiro atoms. The number of hydrogen-bond acceptors (Lipinski definition) is 3. The summed E-state index contributed by atoms with van der Waals surface area (Å²) in [5, 5.41) is -0.375. The Bertz CT molecular complexity index is 244. The SMILES string of the molecule is CCC(C)N(C)CCNS(=O)(=O)CCl. The molecule has 0 bridgehead atoms. The molecule has 0 aliphatic carbocycles. The average molecular weight is 243 g/mol. The first-order chi connectivity index (χ1) is 6.43. The number of hydrogen-bond donors (Lipinski definition) is 1. The summed E-state index contributed by atoms with van der Waals surface area (Å²) in [7, 11) is -1.28. The maximum atomic E-state index is 11.0. The fourth-order valence-corrected chi connectivity index (χ4v) is 1.66. The quantitative estimate of drug-likeness (QED) is 0.673. The molecule has 1 atom stereocenters. The van der Waals surface area contributed by atoms with Crippen LogP contribution in [0.5, 0.6) is 0 Å². The third kappa shape index (κ3) is 5.80. The second-order valence-corrected chi connectivity index (χ2v) is 5.75. The van der Waals surface area contributed by atoms with Crippen molar-refractivity contribution >= 4 is 21.6 Å². The Kier molecular flexibility index (Phi) is 6.68. The summed E-state index contributed by atoms with van der Waals surface area (Å²) in [6.45, 7) is 5.32. The third-order valence-electron chi connectivity index (χ3n) is 2.27. The zero-order chi connectivity index (χ0) is 11.2. The maximum Gasteiger partial charge on any atom is 0.225 e. The lowest BCUT2D eigenvalue weighted by atomic mass is 10.2. The molecule has 0 heterocycles. The molecule has 14 heavy (non-hydrogen) atoms. The van der Waals surface area contributed by atoms with Gasteiger partial charge in [-0.25, -0.2) is 13.1 Å². The summed E-state index contributed by atoms with van der Waals surface area (Å²) in [6, 6.07) is 0.468. The van der Waals surface area contributed by atoms with E-state index < -0.39 is 10.0 Å². The molecular formula is C8H19ClN2O2S. The van der Waals surface area contributed by atoms with E-state index in [1.54, 1.807) is 0 Å². The number of alkyl halides is 1. The molecule has 0 rings (SSSR count). The van der Waals surface area contributed by atoms with Crippen molar-refractivity contribution in [3.8, 4) is 0 Å². The topological polar surface area (TPSA) is 49.4 Å². The number of nitrogens with one attached hydrogen (secondary N) is 1. The van der Waals surface area contributed by atoms with E-state index in [2.05, 4.69) is 23.5 Å². The lowest BCUT2D eigenvalue weighted by Gasteiger charge is -2.23. The first-order valence-electron chi connectivity index (χ1n) is 4.66. The first kappa shape index (κ1) is 14.2. The molecule has 0 aromatic heterocycles. The Morgan fingerprint density at radius 2 is 2.07 bits per heavy atom. The van der Waals surface area contributed by atoms with E-state index in [0.717, 1.165) is 6.42 Å². The Morgan fingerprint density at radius 1 is 1.50 bits per heavy atom. The Morgan fingerprint density at radius 3 is 2.50 bits per heavy atom. The van der Waals surface area contributed by atoms with E-state index in [1.165, 1.54) is 0 Å². The predicted octanol–water partition coefficient (Wildman–Crippen LogP) is 0.832. The summed E-state index contributed by atoms with van der Waals surface area (Å²) in [5.74, 6) is 0. The van der Waals surface area contributed by atoms with E-state index in [9.17, 15) is 8.42 Å². The highest BCUT2D eigenvalue weighted by atomic mass is 35.5. The van der Waals surface area contributed by atoms with Gasteiger partial charge in [-0.05, 0) is 20.4 Å². The van der Waals surface area contributed by atoms with Crippen LogP contribution in [0.2, 0.25) is 0 Å². The smallest absolute Gasteiger partial charge is 0.225 e. The first-order valence-corrected chi connectivity index (χ1v) is 6.85. The average Bonchev–Trinajstić information content (AvgIpc) is 2.16. The summed E-state index contributed by atoms with van der Waals surface area (Å²) in [6.07, 6.45) is 1.05. The predicted molar refractivity (Wildman–Crippen MR) is 60.0 cm³/mol. The van der Waals surface area contributed by atoms with Gasteiger partial charge in [0.05, 0.1) is 0 Å². The van der Waals surface area contributed by atoms with E-state index >= 15 is 0 Å². The second kappa shape index (κ2) is 6.61. The van der Waals surface area contributed by atoms with E-state index in [0.29, 0.717) is 19.1 Å². The summed E-state index contributed by atoms with van der Waals surface area (Å²) in [5.41, 5.74) is 0. The van der Waals surface area contributed by atoms with Gasteiger partial charge in [0.25, 0.3) is 0 Å². The van der Waals surface area contributed by atoms with Crippen LogP contribution < -0.4 is 4.72 Å². The molecule has 4 nitrogen and oxygen atoms in total. The minimum atomic E-state index is -3.26. The Hall–Kier alpha value is 0.160. The monoisotopic (exact) mass is 242 g/mol. The Labute approximate surface area is 91.7 Å². The Balaban J connectivity index is 3.75. The van der Waals surface area contributed by atoms with E-state index in [-0.39, 0.29) is 5.21 Å². The molecule has 6 heteroatoms.